The Morgan fingerprint density at radius 2 is 1.24 bits per heavy atom. The summed E-state index contributed by atoms with van der Waals surface area (Å²) in [6.45, 7) is 2.29. The maximum absolute atomic E-state index is 13.7. The number of sulfonamides is 1. The number of methoxy groups -OCH3 is 3. The Hall–Kier alpha value is -6.36. The van der Waals surface area contributed by atoms with E-state index in [0.717, 1.165) is 49.4 Å². The Morgan fingerprint density at radius 3 is 1.69 bits per heavy atom. The van der Waals surface area contributed by atoms with Gasteiger partial charge in [0.15, 0.2) is 0 Å². The van der Waals surface area contributed by atoms with Crippen LogP contribution in [0.25, 0.3) is 0 Å². The van der Waals surface area contributed by atoms with Gasteiger partial charge in [-0.1, -0.05) is 0 Å². The number of ketones is 2. The van der Waals surface area contributed by atoms with E-state index in [1.165, 1.54) is 73.7 Å². The minimum atomic E-state index is -3.87. The molecular formula is C40H44F2N10O8S2. The van der Waals surface area contributed by atoms with Crippen LogP contribution in [0.4, 0.5) is 32.3 Å². The van der Waals surface area contributed by atoms with Gasteiger partial charge in [-0.25, -0.2) is 32.0 Å². The number of nitrogen functional groups attached to an aromatic ring is 2. The number of esters is 1. The zero-order chi connectivity index (χ0) is 44.6. The van der Waals surface area contributed by atoms with Crippen LogP contribution in [0.1, 0.15) is 67.2 Å². The average molecular weight is 895 g/mol. The maximum Gasteiger partial charge on any atom is 0.349 e. The fourth-order valence-electron chi connectivity index (χ4n) is 6.74. The molecule has 62 heavy (non-hydrogen) atoms. The second-order valence-corrected chi connectivity index (χ2v) is 16.8. The minimum absolute atomic E-state index is 0.00642. The van der Waals surface area contributed by atoms with Crippen LogP contribution in [-0.4, -0.2) is 110 Å². The first-order valence-corrected chi connectivity index (χ1v) is 21.5. The van der Waals surface area contributed by atoms with Crippen molar-refractivity contribution in [2.24, 2.45) is 0 Å². The Bertz CT molecular complexity index is 2550. The van der Waals surface area contributed by atoms with E-state index in [2.05, 4.69) is 40.6 Å². The Morgan fingerprint density at radius 1 is 0.758 bits per heavy atom. The van der Waals surface area contributed by atoms with Crippen LogP contribution in [-0.2, 0) is 14.8 Å². The summed E-state index contributed by atoms with van der Waals surface area (Å²) in [6.07, 6.45) is 5.43. The van der Waals surface area contributed by atoms with Crippen LogP contribution in [0.5, 0.6) is 11.5 Å². The van der Waals surface area contributed by atoms with Gasteiger partial charge in [-0.15, -0.1) is 11.3 Å². The van der Waals surface area contributed by atoms with Crippen molar-refractivity contribution in [1.29, 1.82) is 0 Å². The van der Waals surface area contributed by atoms with E-state index >= 15 is 0 Å². The zero-order valence-corrected chi connectivity index (χ0v) is 35.4. The molecule has 7 rings (SSSR count). The van der Waals surface area contributed by atoms with Gasteiger partial charge in [0.1, 0.15) is 44.5 Å². The second kappa shape index (κ2) is 20.0. The summed E-state index contributed by atoms with van der Waals surface area (Å²) < 4.78 is 69.6. The molecule has 328 valence electrons. The molecular weight excluding hydrogens is 851 g/mol. The molecule has 5 heterocycles. The number of benzene rings is 2. The van der Waals surface area contributed by atoms with Gasteiger partial charge in [0.05, 0.1) is 43.6 Å². The fourth-order valence-corrected chi connectivity index (χ4v) is 9.52. The first-order valence-electron chi connectivity index (χ1n) is 19.1. The Labute approximate surface area is 359 Å². The third-order valence-electron chi connectivity index (χ3n) is 10.0. The number of hydrogen-bond acceptors (Lipinski definition) is 18. The maximum atomic E-state index is 13.7. The molecule has 7 N–H and O–H groups in total. The first-order chi connectivity index (χ1) is 29.7. The number of carbonyl (C=O) groups excluding carboxylic acids is 3. The first kappa shape index (κ1) is 45.2. The van der Waals surface area contributed by atoms with Gasteiger partial charge >= 0.3 is 5.97 Å². The van der Waals surface area contributed by atoms with Crippen molar-refractivity contribution in [3.8, 4) is 11.5 Å². The monoisotopic (exact) mass is 894 g/mol. The highest BCUT2D eigenvalue weighted by atomic mass is 32.2. The summed E-state index contributed by atoms with van der Waals surface area (Å²) in [4.78, 5) is 54.1. The molecule has 0 atom stereocenters. The minimum Gasteiger partial charge on any atom is -0.496 e. The third-order valence-corrected chi connectivity index (χ3v) is 13.0. The van der Waals surface area contributed by atoms with Crippen molar-refractivity contribution in [2.45, 2.75) is 42.7 Å². The number of piperidine rings is 2. The molecule has 22 heteroatoms. The Kier molecular flexibility index (Phi) is 14.6. The summed E-state index contributed by atoms with van der Waals surface area (Å²) >= 11 is 1.01. The highest BCUT2D eigenvalue weighted by Gasteiger charge is 2.34. The molecule has 0 saturated carbocycles. The summed E-state index contributed by atoms with van der Waals surface area (Å²) in [5, 5.41) is 11.1. The number of thiophene rings is 1. The lowest BCUT2D eigenvalue weighted by Crippen LogP contribution is -2.42. The number of ether oxygens (including phenoxy) is 3. The van der Waals surface area contributed by atoms with Crippen molar-refractivity contribution in [1.82, 2.24) is 29.6 Å². The molecule has 2 aliphatic rings. The topological polar surface area (TPSA) is 256 Å². The lowest BCUT2D eigenvalue weighted by molar-refractivity contribution is 0.0601. The molecule has 2 aliphatic heterocycles. The van der Waals surface area contributed by atoms with Crippen molar-refractivity contribution < 1.29 is 45.8 Å². The summed E-state index contributed by atoms with van der Waals surface area (Å²) in [5.74, 6) is -1.94. The SMILES string of the molecule is COC(=O)c1sccc1S(=O)(=O)N1CCC(Nc2ncc(C(=O)c3cc(F)ccc3OC)c(N)n2)CC1.COc1ccc(F)cc1C(=O)c1cnc(NC2CCNCC2)nc1N. The van der Waals surface area contributed by atoms with Gasteiger partial charge in [0.2, 0.25) is 33.5 Å². The van der Waals surface area contributed by atoms with Gasteiger partial charge in [-0.2, -0.15) is 14.3 Å². The molecule has 0 spiro atoms. The van der Waals surface area contributed by atoms with Gasteiger partial charge in [-0.05, 0) is 86.6 Å². The number of nitrogens with two attached hydrogens (primary N) is 2. The molecule has 2 fully saturated rings. The number of halogens is 2. The number of aromatic nitrogens is 4. The molecule has 2 aromatic carbocycles. The third kappa shape index (κ3) is 10.4. The van der Waals surface area contributed by atoms with Crippen LogP contribution >= 0.6 is 11.3 Å². The number of carbonyl (C=O) groups is 3. The van der Waals surface area contributed by atoms with Crippen molar-refractivity contribution in [2.75, 3.05) is 69.6 Å². The smallest absolute Gasteiger partial charge is 0.349 e. The van der Waals surface area contributed by atoms with E-state index in [1.54, 1.807) is 0 Å². The molecule has 0 amide bonds. The lowest BCUT2D eigenvalue weighted by Gasteiger charge is -2.31. The summed E-state index contributed by atoms with van der Waals surface area (Å²) in [6, 6.07) is 8.82. The van der Waals surface area contributed by atoms with E-state index < -0.39 is 39.2 Å². The van der Waals surface area contributed by atoms with E-state index in [-0.39, 0.29) is 86.3 Å². The number of anilines is 4. The van der Waals surface area contributed by atoms with E-state index in [0.29, 0.717) is 18.8 Å². The molecule has 0 unspecified atom stereocenters. The van der Waals surface area contributed by atoms with E-state index in [1.807, 2.05) is 0 Å². The largest absolute Gasteiger partial charge is 0.496 e. The van der Waals surface area contributed by atoms with Crippen LogP contribution in [0.15, 0.2) is 65.1 Å². The molecule has 18 nitrogen and oxygen atoms in total. The van der Waals surface area contributed by atoms with Gasteiger partial charge in [0.25, 0.3) is 0 Å². The Balaban J connectivity index is 0.000000223. The van der Waals surface area contributed by atoms with Crippen molar-refractivity contribution in [3.63, 3.8) is 0 Å². The number of nitrogens with one attached hydrogen (secondary N) is 3. The summed E-state index contributed by atoms with van der Waals surface area (Å²) in [5.41, 5.74) is 12.1. The van der Waals surface area contributed by atoms with Crippen molar-refractivity contribution in [3.05, 3.63) is 99.0 Å². The summed E-state index contributed by atoms with van der Waals surface area (Å²) in [7, 11) is 0.111. The van der Waals surface area contributed by atoms with Gasteiger partial charge < -0.3 is 41.6 Å². The van der Waals surface area contributed by atoms with Crippen LogP contribution < -0.4 is 36.9 Å². The highest BCUT2D eigenvalue weighted by molar-refractivity contribution is 7.89. The van der Waals surface area contributed by atoms with Crippen LogP contribution in [0, 0.1) is 11.6 Å². The fraction of sp³-hybridized carbons (Fsp3) is 0.325. The average Bonchev–Trinajstić information content (AvgIpc) is 3.78. The number of nitrogens with zero attached hydrogens (tertiary/aromatic N) is 5. The van der Waals surface area contributed by atoms with E-state index in [4.69, 9.17) is 20.9 Å². The van der Waals surface area contributed by atoms with Crippen molar-refractivity contribution >= 4 is 62.4 Å². The van der Waals surface area contributed by atoms with Gasteiger partial charge in [-0.3, -0.25) is 9.59 Å². The van der Waals surface area contributed by atoms with Crippen LogP contribution in [0.2, 0.25) is 0 Å². The number of hydrogen-bond donors (Lipinski definition) is 5. The normalized spacial score (nSPS) is 14.9. The van der Waals surface area contributed by atoms with Crippen LogP contribution in [0.3, 0.4) is 0 Å². The predicted octanol–water partition coefficient (Wildman–Crippen LogP) is 4.15. The standard InChI is InChI=1S/C23H24FN5O6S2.C17H20FN5O2/c1-34-17-4-3-13(24)11-15(17)19(30)16-12-26-23(28-21(16)25)27-14-5-8-29(9-6-14)37(32,33)18-7-10-36-20(18)22(31)35-2;1-25-14-3-2-10(18)8-12(14)15(24)13-9-21-17(23-16(13)19)22-11-4-6-20-7-5-11/h3-4,7,10-12,14H,5-6,8-9H2,1-2H3,(H3,25,26,27,28);2-3,8-9,11,20H,4-7H2,1H3,(H3,19,21,22,23). The molecule has 2 saturated heterocycles. The van der Waals surface area contributed by atoms with E-state index in [9.17, 15) is 31.6 Å². The van der Waals surface area contributed by atoms with Gasteiger partial charge in [0, 0.05) is 37.6 Å². The molecule has 0 bridgehead atoms. The zero-order valence-electron chi connectivity index (χ0n) is 33.8. The predicted molar refractivity (Wildman–Crippen MR) is 226 cm³/mol. The molecule has 3 aromatic heterocycles. The molecule has 0 aliphatic carbocycles. The molecule has 5 aromatic rings. The second-order valence-electron chi connectivity index (χ2n) is 13.9. The number of rotatable bonds is 13. The quantitative estimate of drug-likeness (QED) is 0.0822. The molecule has 0 radical (unpaired) electrons. The lowest BCUT2D eigenvalue weighted by atomic mass is 10.0. The highest BCUT2D eigenvalue weighted by Crippen LogP contribution is 2.30.